The quantitative estimate of drug-likeness (QED) is 0.274. The summed E-state index contributed by atoms with van der Waals surface area (Å²) >= 11 is 1.49. The number of hydrogen-bond acceptors (Lipinski definition) is 7. The Kier molecular flexibility index (Phi) is 10.6. The number of carboxylic acids is 1. The molecule has 1 aliphatic heterocycles. The lowest BCUT2D eigenvalue weighted by Crippen LogP contribution is -2.60. The minimum atomic E-state index is -1.31. The Balaban J connectivity index is 2.94. The molecule has 10 nitrogen and oxygen atoms in total. The number of amides is 3. The summed E-state index contributed by atoms with van der Waals surface area (Å²) in [5.74, 6) is -2.42. The molecule has 0 saturated carbocycles. The summed E-state index contributed by atoms with van der Waals surface area (Å²) in [6, 6.07) is -4.01. The van der Waals surface area contributed by atoms with E-state index < -0.39 is 54.0 Å². The van der Waals surface area contributed by atoms with Crippen LogP contribution in [0.25, 0.3) is 0 Å². The Hall–Kier alpha value is -1.85. The fourth-order valence-corrected chi connectivity index (χ4v) is 3.66. The zero-order valence-corrected chi connectivity index (χ0v) is 18.8. The van der Waals surface area contributed by atoms with E-state index in [0.717, 1.165) is 0 Å². The third kappa shape index (κ3) is 7.13. The van der Waals surface area contributed by atoms with Gasteiger partial charge in [0, 0.05) is 6.54 Å². The molecule has 30 heavy (non-hydrogen) atoms. The molecule has 1 rings (SSSR count). The summed E-state index contributed by atoms with van der Waals surface area (Å²) in [7, 11) is 0. The number of nitrogens with one attached hydrogen (secondary N) is 2. The second-order valence-corrected chi connectivity index (χ2v) is 8.85. The topological polar surface area (TPSA) is 162 Å². The van der Waals surface area contributed by atoms with Crippen LogP contribution < -0.4 is 16.4 Å². The number of carbonyl (C=O) groups excluding carboxylic acids is 3. The standard InChI is InChI=1S/C19H34N4O6S/c1-10(2)14(20)17(26)21-12(7-9-30-4)16(25)22-15(11(3)24)18(27)23-8-5-6-13(23)19(28)29/h10-15,24H,5-9,20H2,1-4H3,(H,21,26)(H,22,25)(H,28,29). The molecule has 1 heterocycles. The van der Waals surface area contributed by atoms with E-state index in [0.29, 0.717) is 25.0 Å². The van der Waals surface area contributed by atoms with E-state index in [4.69, 9.17) is 5.73 Å². The van der Waals surface area contributed by atoms with Gasteiger partial charge in [-0.3, -0.25) is 14.4 Å². The van der Waals surface area contributed by atoms with Gasteiger partial charge in [0.1, 0.15) is 18.1 Å². The highest BCUT2D eigenvalue weighted by Crippen LogP contribution is 2.19. The Morgan fingerprint density at radius 1 is 1.17 bits per heavy atom. The van der Waals surface area contributed by atoms with Gasteiger partial charge in [0.2, 0.25) is 17.7 Å². The molecule has 1 fully saturated rings. The van der Waals surface area contributed by atoms with Crippen LogP contribution in [0.5, 0.6) is 0 Å². The van der Waals surface area contributed by atoms with Crippen molar-refractivity contribution in [1.82, 2.24) is 15.5 Å². The molecule has 1 aliphatic rings. The third-order valence-electron chi connectivity index (χ3n) is 5.13. The average Bonchev–Trinajstić information content (AvgIpc) is 3.17. The molecule has 5 atom stereocenters. The number of nitrogens with two attached hydrogens (primary N) is 1. The van der Waals surface area contributed by atoms with Crippen molar-refractivity contribution in [3.8, 4) is 0 Å². The Morgan fingerprint density at radius 3 is 2.30 bits per heavy atom. The molecular formula is C19H34N4O6S. The molecule has 6 N–H and O–H groups in total. The first-order valence-corrected chi connectivity index (χ1v) is 11.5. The van der Waals surface area contributed by atoms with Crippen LogP contribution >= 0.6 is 11.8 Å². The Morgan fingerprint density at radius 2 is 1.80 bits per heavy atom. The maximum Gasteiger partial charge on any atom is 0.326 e. The third-order valence-corrected chi connectivity index (χ3v) is 5.78. The van der Waals surface area contributed by atoms with Crippen LogP contribution in [-0.4, -0.2) is 87.6 Å². The van der Waals surface area contributed by atoms with E-state index in [-0.39, 0.29) is 12.5 Å². The van der Waals surface area contributed by atoms with E-state index in [1.807, 2.05) is 6.26 Å². The van der Waals surface area contributed by atoms with Crippen molar-refractivity contribution in [3.05, 3.63) is 0 Å². The zero-order valence-electron chi connectivity index (χ0n) is 18.0. The second kappa shape index (κ2) is 12.1. The van der Waals surface area contributed by atoms with Crippen molar-refractivity contribution >= 4 is 35.5 Å². The number of rotatable bonds is 11. The molecule has 0 radical (unpaired) electrons. The van der Waals surface area contributed by atoms with E-state index in [1.54, 1.807) is 13.8 Å². The highest BCUT2D eigenvalue weighted by molar-refractivity contribution is 7.98. The van der Waals surface area contributed by atoms with Crippen molar-refractivity contribution in [2.75, 3.05) is 18.6 Å². The van der Waals surface area contributed by atoms with Gasteiger partial charge in [-0.25, -0.2) is 4.79 Å². The Labute approximate surface area is 181 Å². The maximum atomic E-state index is 12.9. The van der Waals surface area contributed by atoms with Gasteiger partial charge in [0.25, 0.3) is 0 Å². The van der Waals surface area contributed by atoms with Gasteiger partial charge < -0.3 is 31.5 Å². The molecule has 0 aromatic rings. The molecule has 1 saturated heterocycles. The van der Waals surface area contributed by atoms with Crippen LogP contribution in [0.15, 0.2) is 0 Å². The van der Waals surface area contributed by atoms with Crippen LogP contribution in [0, 0.1) is 5.92 Å². The van der Waals surface area contributed by atoms with E-state index >= 15 is 0 Å². The number of carbonyl (C=O) groups is 4. The van der Waals surface area contributed by atoms with Gasteiger partial charge in [-0.1, -0.05) is 13.8 Å². The fourth-order valence-electron chi connectivity index (χ4n) is 3.18. The van der Waals surface area contributed by atoms with Crippen LogP contribution in [0.2, 0.25) is 0 Å². The number of nitrogens with zero attached hydrogens (tertiary/aromatic N) is 1. The largest absolute Gasteiger partial charge is 0.480 e. The van der Waals surface area contributed by atoms with E-state index in [2.05, 4.69) is 10.6 Å². The molecule has 0 aromatic carbocycles. The van der Waals surface area contributed by atoms with Crippen LogP contribution in [0.3, 0.4) is 0 Å². The molecule has 0 aromatic heterocycles. The summed E-state index contributed by atoms with van der Waals surface area (Å²) in [6.07, 6.45) is 1.78. The lowest BCUT2D eigenvalue weighted by atomic mass is 10.0. The maximum absolute atomic E-state index is 12.9. The molecule has 0 spiro atoms. The number of hydrogen-bond donors (Lipinski definition) is 5. The van der Waals surface area contributed by atoms with E-state index in [1.165, 1.54) is 23.6 Å². The normalized spacial score (nSPS) is 20.4. The minimum absolute atomic E-state index is 0.121. The molecule has 5 unspecified atom stereocenters. The van der Waals surface area contributed by atoms with Gasteiger partial charge >= 0.3 is 5.97 Å². The lowest BCUT2D eigenvalue weighted by Gasteiger charge is -2.30. The number of aliphatic hydroxyl groups is 1. The van der Waals surface area contributed by atoms with Gasteiger partial charge in [0.15, 0.2) is 0 Å². The Bertz CT molecular complexity index is 630. The first kappa shape index (κ1) is 26.2. The number of thioether (sulfide) groups is 1. The smallest absolute Gasteiger partial charge is 0.326 e. The molecular weight excluding hydrogens is 412 g/mol. The summed E-state index contributed by atoms with van der Waals surface area (Å²) < 4.78 is 0. The van der Waals surface area contributed by atoms with Gasteiger partial charge in [-0.05, 0) is 44.1 Å². The number of likely N-dealkylation sites (tertiary alicyclic amines) is 1. The van der Waals surface area contributed by atoms with Crippen molar-refractivity contribution in [1.29, 1.82) is 0 Å². The molecule has 0 aliphatic carbocycles. The first-order chi connectivity index (χ1) is 14.0. The first-order valence-electron chi connectivity index (χ1n) is 10.1. The summed E-state index contributed by atoms with van der Waals surface area (Å²) in [4.78, 5) is 50.6. The lowest BCUT2D eigenvalue weighted by molar-refractivity contribution is -0.150. The SMILES string of the molecule is CSCCC(NC(=O)C(N)C(C)C)C(=O)NC(C(=O)N1CCCC1C(=O)O)C(C)O. The molecule has 0 bridgehead atoms. The summed E-state index contributed by atoms with van der Waals surface area (Å²) in [6.45, 7) is 5.17. The summed E-state index contributed by atoms with van der Waals surface area (Å²) in [5.41, 5.74) is 5.86. The monoisotopic (exact) mass is 446 g/mol. The van der Waals surface area contributed by atoms with Crippen molar-refractivity contribution in [2.24, 2.45) is 11.7 Å². The van der Waals surface area contributed by atoms with Crippen LogP contribution in [0.1, 0.15) is 40.0 Å². The molecule has 172 valence electrons. The van der Waals surface area contributed by atoms with Crippen molar-refractivity contribution in [2.45, 2.75) is 70.3 Å². The van der Waals surface area contributed by atoms with E-state index in [9.17, 15) is 29.4 Å². The predicted molar refractivity (Wildman–Crippen MR) is 114 cm³/mol. The van der Waals surface area contributed by atoms with Gasteiger partial charge in [-0.2, -0.15) is 11.8 Å². The van der Waals surface area contributed by atoms with Gasteiger partial charge in [-0.15, -0.1) is 0 Å². The average molecular weight is 447 g/mol. The fraction of sp³-hybridized carbons (Fsp3) is 0.789. The second-order valence-electron chi connectivity index (χ2n) is 7.87. The number of aliphatic hydroxyl groups excluding tert-OH is 1. The van der Waals surface area contributed by atoms with Crippen molar-refractivity contribution in [3.63, 3.8) is 0 Å². The highest BCUT2D eigenvalue weighted by atomic mass is 32.2. The molecule has 3 amide bonds. The zero-order chi connectivity index (χ0) is 23.0. The number of aliphatic carboxylic acids is 1. The molecule has 11 heteroatoms. The summed E-state index contributed by atoms with van der Waals surface area (Å²) in [5, 5.41) is 24.5. The van der Waals surface area contributed by atoms with Crippen LogP contribution in [0.4, 0.5) is 0 Å². The minimum Gasteiger partial charge on any atom is -0.480 e. The highest BCUT2D eigenvalue weighted by Gasteiger charge is 2.40. The predicted octanol–water partition coefficient (Wildman–Crippen LogP) is -0.851. The van der Waals surface area contributed by atoms with Crippen LogP contribution in [-0.2, 0) is 19.2 Å². The van der Waals surface area contributed by atoms with Gasteiger partial charge in [0.05, 0.1) is 12.1 Å². The van der Waals surface area contributed by atoms with Crippen molar-refractivity contribution < 1.29 is 29.4 Å². The number of carboxylic acid groups (broad SMARTS) is 1.